The predicted molar refractivity (Wildman–Crippen MR) is 170 cm³/mol. The molecule has 44 heavy (non-hydrogen) atoms. The fourth-order valence-electron chi connectivity index (χ4n) is 5.11. The van der Waals surface area contributed by atoms with Crippen LogP contribution in [0.5, 0.6) is 0 Å². The molecule has 0 fully saturated rings. The number of amides is 2. The van der Waals surface area contributed by atoms with Gasteiger partial charge in [-0.05, 0) is 48.6 Å². The van der Waals surface area contributed by atoms with E-state index < -0.39 is 17.4 Å². The minimum Gasteiger partial charge on any atom is -0.348 e. The normalized spacial score (nSPS) is 11.8. The quantitative estimate of drug-likeness (QED) is 0.290. The van der Waals surface area contributed by atoms with Crippen LogP contribution in [0.15, 0.2) is 52.5 Å². The monoisotopic (exact) mass is 595 g/mol. The molecule has 11 nitrogen and oxygen atoms in total. The molecule has 0 atom stereocenters. The van der Waals surface area contributed by atoms with E-state index in [1.54, 1.807) is 30.1 Å². The van der Waals surface area contributed by atoms with Gasteiger partial charge in [-0.15, -0.1) is 0 Å². The maximum absolute atomic E-state index is 14.1. The zero-order valence-electron chi connectivity index (χ0n) is 26.3. The Morgan fingerprint density at radius 2 is 1.75 bits per heavy atom. The first-order chi connectivity index (χ1) is 20.8. The number of nitrogens with one attached hydrogen (secondary N) is 1. The molecule has 0 saturated carbocycles. The molecule has 1 aromatic carbocycles. The van der Waals surface area contributed by atoms with Crippen LogP contribution in [0.3, 0.4) is 0 Å². The number of carbonyl (C=O) groups is 2. The van der Waals surface area contributed by atoms with Gasteiger partial charge in [-0.1, -0.05) is 39.3 Å². The number of nitriles is 1. The van der Waals surface area contributed by atoms with Crippen molar-refractivity contribution in [3.8, 4) is 6.07 Å². The third kappa shape index (κ3) is 6.59. The van der Waals surface area contributed by atoms with E-state index in [0.717, 1.165) is 26.9 Å². The highest BCUT2D eigenvalue weighted by molar-refractivity contribution is 6.15. The van der Waals surface area contributed by atoms with Gasteiger partial charge in [-0.25, -0.2) is 9.55 Å². The third-order valence-corrected chi connectivity index (χ3v) is 7.24. The number of H-pyrrole nitrogens is 1. The lowest BCUT2D eigenvalue weighted by Gasteiger charge is -2.20. The van der Waals surface area contributed by atoms with E-state index in [-0.39, 0.29) is 54.3 Å². The van der Waals surface area contributed by atoms with Crippen LogP contribution >= 0.6 is 0 Å². The van der Waals surface area contributed by atoms with Crippen molar-refractivity contribution in [2.75, 3.05) is 10.6 Å². The molecule has 0 aliphatic heterocycles. The smallest absolute Gasteiger partial charge is 0.333 e. The number of aromatic amines is 1. The zero-order chi connectivity index (χ0) is 32.3. The SMILES string of the molecule is Cc1ccc2nccc(CN=C(c3c(N)[nH+]c(N(C(=O)CC(C)C)C(=O)CC(C)C)n(C)c3=O)c3cc(C#N)cn3C)c2c1. The Bertz CT molecular complexity index is 1850. The van der Waals surface area contributed by atoms with Crippen molar-refractivity contribution < 1.29 is 14.6 Å². The van der Waals surface area contributed by atoms with E-state index in [2.05, 4.69) is 16.0 Å². The summed E-state index contributed by atoms with van der Waals surface area (Å²) in [6.45, 7) is 9.73. The van der Waals surface area contributed by atoms with Gasteiger partial charge in [0.2, 0.25) is 5.82 Å². The lowest BCUT2D eigenvalue weighted by molar-refractivity contribution is -0.352. The summed E-state index contributed by atoms with van der Waals surface area (Å²) in [6.07, 6.45) is 3.58. The number of anilines is 2. The lowest BCUT2D eigenvalue weighted by atomic mass is 10.1. The van der Waals surface area contributed by atoms with Crippen molar-refractivity contribution in [2.45, 2.75) is 54.0 Å². The van der Waals surface area contributed by atoms with Crippen molar-refractivity contribution in [1.29, 1.82) is 5.26 Å². The van der Waals surface area contributed by atoms with E-state index in [1.165, 1.54) is 11.6 Å². The second-order valence-electron chi connectivity index (χ2n) is 11.9. The summed E-state index contributed by atoms with van der Waals surface area (Å²) in [6, 6.07) is 11.6. The van der Waals surface area contributed by atoms with Crippen LogP contribution in [-0.2, 0) is 30.2 Å². The Labute approximate surface area is 256 Å². The van der Waals surface area contributed by atoms with E-state index in [0.29, 0.717) is 11.3 Å². The second-order valence-corrected chi connectivity index (χ2v) is 11.9. The predicted octanol–water partition coefficient (Wildman–Crippen LogP) is 3.84. The van der Waals surface area contributed by atoms with Gasteiger partial charge in [0.05, 0.1) is 30.4 Å². The molecule has 0 unspecified atom stereocenters. The standard InChI is InChI=1S/C33H38N8O3/c1-19(2)12-27(42)41(28(43)13-20(3)4)33-38-31(35)29(32(44)40(33)7)30(26-15-22(16-34)18-39(26)6)37-17-23-10-11-36-25-9-8-21(5)14-24(23)25/h8-11,14-15,18-20H,12-13,17,35H2,1-7H3/p+1. The van der Waals surface area contributed by atoms with Crippen LogP contribution in [0, 0.1) is 30.1 Å². The summed E-state index contributed by atoms with van der Waals surface area (Å²) < 4.78 is 2.93. The van der Waals surface area contributed by atoms with Gasteiger partial charge >= 0.3 is 11.5 Å². The number of pyridine rings is 1. The molecule has 3 aromatic heterocycles. The fourth-order valence-corrected chi connectivity index (χ4v) is 5.11. The molecule has 4 aromatic rings. The van der Waals surface area contributed by atoms with Crippen LogP contribution in [0.1, 0.15) is 68.5 Å². The topological polar surface area (TPSA) is 154 Å². The Kier molecular flexibility index (Phi) is 9.43. The highest BCUT2D eigenvalue weighted by Gasteiger charge is 2.35. The number of aliphatic imine (C=N–C) groups is 1. The van der Waals surface area contributed by atoms with E-state index in [9.17, 15) is 19.6 Å². The second kappa shape index (κ2) is 13.0. The summed E-state index contributed by atoms with van der Waals surface area (Å²) >= 11 is 0. The van der Waals surface area contributed by atoms with Crippen LogP contribution in [0.25, 0.3) is 10.9 Å². The largest absolute Gasteiger partial charge is 0.348 e. The average Bonchev–Trinajstić information content (AvgIpc) is 3.32. The van der Waals surface area contributed by atoms with Gasteiger partial charge in [0.25, 0.3) is 11.8 Å². The molecule has 0 aliphatic carbocycles. The van der Waals surface area contributed by atoms with E-state index >= 15 is 0 Å². The zero-order valence-corrected chi connectivity index (χ0v) is 26.3. The molecule has 228 valence electrons. The number of rotatable bonds is 9. The number of nitrogens with zero attached hydrogens (tertiary/aromatic N) is 6. The number of imide groups is 1. The number of hydrogen-bond acceptors (Lipinski definition) is 7. The van der Waals surface area contributed by atoms with Gasteiger partial charge in [0, 0.05) is 37.7 Å². The summed E-state index contributed by atoms with van der Waals surface area (Å²) in [5, 5.41) is 10.5. The number of nitrogen functional groups attached to an aromatic ring is 1. The first-order valence-electron chi connectivity index (χ1n) is 14.6. The van der Waals surface area contributed by atoms with Gasteiger partial charge in [-0.2, -0.15) is 10.2 Å². The number of benzene rings is 1. The van der Waals surface area contributed by atoms with Crippen LogP contribution < -0.4 is 21.2 Å². The first-order valence-corrected chi connectivity index (χ1v) is 14.6. The minimum absolute atomic E-state index is 0.0102. The maximum atomic E-state index is 14.1. The van der Waals surface area contributed by atoms with E-state index in [4.69, 9.17) is 10.7 Å². The Morgan fingerprint density at radius 3 is 2.34 bits per heavy atom. The van der Waals surface area contributed by atoms with Crippen LogP contribution in [0.4, 0.5) is 11.8 Å². The third-order valence-electron chi connectivity index (χ3n) is 7.24. The minimum atomic E-state index is -0.551. The van der Waals surface area contributed by atoms with Crippen molar-refractivity contribution in [1.82, 2.24) is 14.1 Å². The molecule has 4 rings (SSSR count). The maximum Gasteiger partial charge on any atom is 0.333 e. The summed E-state index contributed by atoms with van der Waals surface area (Å²) in [5.41, 5.74) is 10.0. The molecule has 0 radical (unpaired) electrons. The van der Waals surface area contributed by atoms with Gasteiger partial charge < -0.3 is 10.3 Å². The highest BCUT2D eigenvalue weighted by atomic mass is 16.2. The highest BCUT2D eigenvalue weighted by Crippen LogP contribution is 2.22. The molecule has 3 N–H and O–H groups in total. The van der Waals surface area contributed by atoms with Crippen molar-refractivity contribution in [3.05, 3.63) is 81.0 Å². The number of nitrogens with two attached hydrogens (primary N) is 1. The van der Waals surface area contributed by atoms with Crippen molar-refractivity contribution in [3.63, 3.8) is 0 Å². The number of hydrogen-bond donors (Lipinski definition) is 1. The summed E-state index contributed by atoms with van der Waals surface area (Å²) in [4.78, 5) is 54.2. The Morgan fingerprint density at radius 1 is 1.09 bits per heavy atom. The van der Waals surface area contributed by atoms with E-state index in [1.807, 2.05) is 58.9 Å². The summed E-state index contributed by atoms with van der Waals surface area (Å²) in [7, 11) is 3.24. The number of aromatic nitrogens is 4. The molecule has 0 saturated heterocycles. The number of fused-ring (bicyclic) bond motifs is 1. The van der Waals surface area contributed by atoms with Crippen molar-refractivity contribution >= 4 is 40.2 Å². The van der Waals surface area contributed by atoms with Gasteiger partial charge in [0.15, 0.2) is 0 Å². The summed E-state index contributed by atoms with van der Waals surface area (Å²) in [5.74, 6) is -0.963. The molecule has 2 amide bonds. The fraction of sp³-hybridized carbons (Fsp3) is 0.364. The average molecular weight is 596 g/mol. The molecule has 0 spiro atoms. The number of carbonyl (C=O) groups excluding carboxylic acids is 2. The molecule has 3 heterocycles. The van der Waals surface area contributed by atoms with Crippen LogP contribution in [0.2, 0.25) is 0 Å². The lowest BCUT2D eigenvalue weighted by Crippen LogP contribution is -2.47. The molecule has 11 heteroatoms. The Hall–Kier alpha value is -5.11. The molecular formula is C33H39N8O3+. The first kappa shape index (κ1) is 31.8. The number of aryl methyl sites for hydroxylation is 2. The van der Waals surface area contributed by atoms with Gasteiger partial charge in [-0.3, -0.25) is 24.4 Å². The Balaban J connectivity index is 1.93. The van der Waals surface area contributed by atoms with Gasteiger partial charge in [0.1, 0.15) is 17.3 Å². The molecule has 0 aliphatic rings. The molecule has 0 bridgehead atoms. The van der Waals surface area contributed by atoms with Crippen LogP contribution in [-0.4, -0.2) is 31.6 Å². The molecular weight excluding hydrogens is 556 g/mol. The van der Waals surface area contributed by atoms with Crippen molar-refractivity contribution in [2.24, 2.45) is 30.9 Å².